The molecule has 21 heavy (non-hydrogen) atoms. The Kier molecular flexibility index (Phi) is 4.06. The van der Waals surface area contributed by atoms with Crippen molar-refractivity contribution in [3.8, 4) is 0 Å². The molecule has 2 rings (SSSR count). The Labute approximate surface area is 120 Å². The first-order chi connectivity index (χ1) is 9.91. The number of non-ortho nitro benzene ring substituents is 1. The van der Waals surface area contributed by atoms with Gasteiger partial charge in [-0.05, 0) is 25.3 Å². The number of nitrogens with zero attached hydrogens (tertiary/aromatic N) is 2. The lowest BCUT2D eigenvalue weighted by molar-refractivity contribution is -0.384. The molecule has 8 heteroatoms. The van der Waals surface area contributed by atoms with E-state index in [9.17, 15) is 24.8 Å². The standard InChI is InChI=1S/C13H15N3O5/c14-10-5-4-8(16(20)21)7-9(10)12(17)15-6-2-1-3-11(15)13(18)19/h4-5,7,11H,1-3,6,14H2,(H,18,19). The van der Waals surface area contributed by atoms with Crippen LogP contribution >= 0.6 is 0 Å². The molecule has 1 aliphatic rings. The van der Waals surface area contributed by atoms with Crippen molar-refractivity contribution in [3.63, 3.8) is 0 Å². The lowest BCUT2D eigenvalue weighted by atomic mass is 10.0. The molecular weight excluding hydrogens is 278 g/mol. The lowest BCUT2D eigenvalue weighted by Gasteiger charge is -2.33. The van der Waals surface area contributed by atoms with Gasteiger partial charge in [-0.15, -0.1) is 0 Å². The third-order valence-electron chi connectivity index (χ3n) is 3.53. The highest BCUT2D eigenvalue weighted by atomic mass is 16.6. The van der Waals surface area contributed by atoms with Crippen molar-refractivity contribution < 1.29 is 19.6 Å². The SMILES string of the molecule is Nc1ccc([N+](=O)[O-])cc1C(=O)N1CCCCC1C(=O)O. The largest absolute Gasteiger partial charge is 0.480 e. The molecule has 1 amide bonds. The number of aliphatic carboxylic acids is 1. The summed E-state index contributed by atoms with van der Waals surface area (Å²) in [4.78, 5) is 35.1. The number of amides is 1. The third-order valence-corrected chi connectivity index (χ3v) is 3.53. The van der Waals surface area contributed by atoms with Crippen LogP contribution < -0.4 is 5.73 Å². The van der Waals surface area contributed by atoms with Crippen molar-refractivity contribution in [1.29, 1.82) is 0 Å². The lowest BCUT2D eigenvalue weighted by Crippen LogP contribution is -2.48. The average molecular weight is 293 g/mol. The summed E-state index contributed by atoms with van der Waals surface area (Å²) in [7, 11) is 0. The maximum absolute atomic E-state index is 12.5. The molecule has 3 N–H and O–H groups in total. The van der Waals surface area contributed by atoms with E-state index in [2.05, 4.69) is 0 Å². The highest BCUT2D eigenvalue weighted by Crippen LogP contribution is 2.25. The molecule has 8 nitrogen and oxygen atoms in total. The summed E-state index contributed by atoms with van der Waals surface area (Å²) in [5.74, 6) is -1.66. The number of nitrogen functional groups attached to an aromatic ring is 1. The molecule has 0 radical (unpaired) electrons. The van der Waals surface area contributed by atoms with Crippen molar-refractivity contribution >= 4 is 23.3 Å². The fourth-order valence-corrected chi connectivity index (χ4v) is 2.43. The number of benzene rings is 1. The molecule has 1 aromatic carbocycles. The number of carboxylic acid groups (broad SMARTS) is 1. The highest BCUT2D eigenvalue weighted by Gasteiger charge is 2.33. The number of carboxylic acids is 1. The van der Waals surface area contributed by atoms with Gasteiger partial charge in [0.05, 0.1) is 10.5 Å². The van der Waals surface area contributed by atoms with E-state index >= 15 is 0 Å². The fourth-order valence-electron chi connectivity index (χ4n) is 2.43. The minimum absolute atomic E-state index is 0.0302. The van der Waals surface area contributed by atoms with Crippen molar-refractivity contribution in [2.24, 2.45) is 0 Å². The Hall–Kier alpha value is -2.64. The molecule has 1 heterocycles. The summed E-state index contributed by atoms with van der Waals surface area (Å²) in [5, 5.41) is 20.0. The van der Waals surface area contributed by atoms with Crippen LogP contribution in [0.4, 0.5) is 11.4 Å². The molecule has 0 aliphatic carbocycles. The van der Waals surface area contributed by atoms with Gasteiger partial charge in [-0.1, -0.05) is 0 Å². The van der Waals surface area contributed by atoms with Crippen LogP contribution in [0.25, 0.3) is 0 Å². The first-order valence-corrected chi connectivity index (χ1v) is 6.49. The van der Waals surface area contributed by atoms with E-state index in [0.717, 1.165) is 12.5 Å². The van der Waals surface area contributed by atoms with Gasteiger partial charge in [-0.25, -0.2) is 4.79 Å². The van der Waals surface area contributed by atoms with Crippen LogP contribution in [-0.2, 0) is 4.79 Å². The summed E-state index contributed by atoms with van der Waals surface area (Å²) in [6.07, 6.45) is 1.80. The maximum Gasteiger partial charge on any atom is 0.326 e. The van der Waals surface area contributed by atoms with E-state index in [4.69, 9.17) is 5.73 Å². The van der Waals surface area contributed by atoms with E-state index in [1.165, 1.54) is 17.0 Å². The van der Waals surface area contributed by atoms with Crippen molar-refractivity contribution in [3.05, 3.63) is 33.9 Å². The zero-order valence-electron chi connectivity index (χ0n) is 11.2. The summed E-state index contributed by atoms with van der Waals surface area (Å²) < 4.78 is 0. The molecule has 0 bridgehead atoms. The second-order valence-corrected chi connectivity index (χ2v) is 4.88. The number of piperidine rings is 1. The van der Waals surface area contributed by atoms with Gasteiger partial charge >= 0.3 is 5.97 Å². The number of carbonyl (C=O) groups excluding carboxylic acids is 1. The molecule has 112 valence electrons. The number of hydrogen-bond donors (Lipinski definition) is 2. The maximum atomic E-state index is 12.5. The minimum atomic E-state index is -1.08. The number of hydrogen-bond acceptors (Lipinski definition) is 5. The van der Waals surface area contributed by atoms with Crippen molar-refractivity contribution in [1.82, 2.24) is 4.90 Å². The second kappa shape index (κ2) is 5.78. The summed E-state index contributed by atoms with van der Waals surface area (Å²) in [6, 6.07) is 2.66. The molecule has 0 spiro atoms. The van der Waals surface area contributed by atoms with E-state index < -0.39 is 22.8 Å². The smallest absolute Gasteiger partial charge is 0.326 e. The highest BCUT2D eigenvalue weighted by molar-refractivity contribution is 6.01. The Bertz CT molecular complexity index is 601. The number of likely N-dealkylation sites (tertiary alicyclic amines) is 1. The van der Waals surface area contributed by atoms with Gasteiger partial charge in [0.1, 0.15) is 6.04 Å². The van der Waals surface area contributed by atoms with Crippen molar-refractivity contribution in [2.75, 3.05) is 12.3 Å². The number of nitrogens with two attached hydrogens (primary N) is 1. The van der Waals surface area contributed by atoms with Gasteiger partial charge in [0, 0.05) is 24.4 Å². The Morgan fingerprint density at radius 1 is 1.38 bits per heavy atom. The van der Waals surface area contributed by atoms with Crippen LogP contribution in [0.15, 0.2) is 18.2 Å². The topological polar surface area (TPSA) is 127 Å². The minimum Gasteiger partial charge on any atom is -0.480 e. The quantitative estimate of drug-likeness (QED) is 0.490. The number of anilines is 1. The van der Waals surface area contributed by atoms with E-state index in [1.807, 2.05) is 0 Å². The van der Waals surface area contributed by atoms with Crippen LogP contribution in [-0.4, -0.2) is 39.4 Å². The predicted molar refractivity (Wildman–Crippen MR) is 73.8 cm³/mol. The molecule has 1 fully saturated rings. The van der Waals surface area contributed by atoms with Crippen LogP contribution in [0.2, 0.25) is 0 Å². The number of nitro benzene ring substituents is 1. The molecule has 0 saturated carbocycles. The van der Waals surface area contributed by atoms with Crippen molar-refractivity contribution in [2.45, 2.75) is 25.3 Å². The van der Waals surface area contributed by atoms with E-state index in [0.29, 0.717) is 19.4 Å². The number of rotatable bonds is 3. The molecule has 1 saturated heterocycles. The van der Waals surface area contributed by atoms with Crippen LogP contribution in [0.1, 0.15) is 29.6 Å². The first kappa shape index (κ1) is 14.8. The van der Waals surface area contributed by atoms with Crippen LogP contribution in [0.3, 0.4) is 0 Å². The second-order valence-electron chi connectivity index (χ2n) is 4.88. The van der Waals surface area contributed by atoms with Gasteiger partial charge in [-0.2, -0.15) is 0 Å². The van der Waals surface area contributed by atoms with Gasteiger partial charge in [0.25, 0.3) is 11.6 Å². The number of nitro groups is 1. The summed E-state index contributed by atoms with van der Waals surface area (Å²) in [6.45, 7) is 0.304. The summed E-state index contributed by atoms with van der Waals surface area (Å²) >= 11 is 0. The zero-order chi connectivity index (χ0) is 15.6. The van der Waals surface area contributed by atoms with Gasteiger partial charge < -0.3 is 15.7 Å². The van der Waals surface area contributed by atoms with Gasteiger partial charge in [-0.3, -0.25) is 14.9 Å². The Morgan fingerprint density at radius 3 is 2.71 bits per heavy atom. The first-order valence-electron chi connectivity index (χ1n) is 6.49. The van der Waals surface area contributed by atoms with Gasteiger partial charge in [0.15, 0.2) is 0 Å². The monoisotopic (exact) mass is 293 g/mol. The van der Waals surface area contributed by atoms with Crippen LogP contribution in [0.5, 0.6) is 0 Å². The van der Waals surface area contributed by atoms with Crippen LogP contribution in [0, 0.1) is 10.1 Å². The Morgan fingerprint density at radius 2 is 2.10 bits per heavy atom. The molecule has 0 aromatic heterocycles. The number of carbonyl (C=O) groups is 2. The molecule has 1 aliphatic heterocycles. The predicted octanol–water partition coefficient (Wildman–Crippen LogP) is 1.26. The summed E-state index contributed by atoms with van der Waals surface area (Å²) in [5.41, 5.74) is 5.52. The fraction of sp³-hybridized carbons (Fsp3) is 0.385. The molecule has 1 aromatic rings. The zero-order valence-corrected chi connectivity index (χ0v) is 11.2. The van der Waals surface area contributed by atoms with E-state index in [-0.39, 0.29) is 16.9 Å². The normalized spacial score (nSPS) is 18.3. The molecule has 1 unspecified atom stereocenters. The third kappa shape index (κ3) is 2.93. The molecule has 1 atom stereocenters. The Balaban J connectivity index is 2.36. The van der Waals surface area contributed by atoms with E-state index in [1.54, 1.807) is 0 Å². The molecular formula is C13H15N3O5. The average Bonchev–Trinajstić information content (AvgIpc) is 2.46. The van der Waals surface area contributed by atoms with Gasteiger partial charge in [0.2, 0.25) is 0 Å².